The van der Waals surface area contributed by atoms with Crippen LogP contribution in [0.3, 0.4) is 0 Å². The minimum absolute atomic E-state index is 0.0357. The number of fused-ring (bicyclic) bond motifs is 2. The quantitative estimate of drug-likeness (QED) is 0.0278. The Balaban J connectivity index is 1.16. The Bertz CT molecular complexity index is 3530. The second kappa shape index (κ2) is 32.0. The number of H-pyrrole nitrogens is 1. The molecule has 0 spiro atoms. The topological polar surface area (TPSA) is 355 Å². The van der Waals surface area contributed by atoms with Crippen molar-refractivity contribution in [2.75, 3.05) is 6.54 Å². The summed E-state index contributed by atoms with van der Waals surface area (Å²) < 4.78 is 0. The Hall–Kier alpha value is -9.15. The molecule has 464 valence electrons. The first-order valence-electron chi connectivity index (χ1n) is 29.3. The number of carbonyl (C=O) groups is 8. The lowest BCUT2D eigenvalue weighted by atomic mass is 9.99. The van der Waals surface area contributed by atoms with Crippen LogP contribution in [0.2, 0.25) is 5.02 Å². The molecule has 6 aromatic carbocycles. The number of rotatable bonds is 31. The first-order valence-corrected chi connectivity index (χ1v) is 29.7. The smallest absolute Gasteiger partial charge is 0.243 e. The van der Waals surface area contributed by atoms with Crippen molar-refractivity contribution in [1.29, 1.82) is 0 Å². The van der Waals surface area contributed by atoms with Gasteiger partial charge in [-0.3, -0.25) is 38.4 Å². The molecular weight excluding hydrogens is 1140 g/mol. The number of phenolic OH excluding ortho intramolecular Hbond substituents is 1. The van der Waals surface area contributed by atoms with Crippen molar-refractivity contribution >= 4 is 80.5 Å². The van der Waals surface area contributed by atoms with E-state index < -0.39 is 108 Å². The van der Waals surface area contributed by atoms with Crippen LogP contribution in [-0.4, -0.2) is 123 Å². The van der Waals surface area contributed by atoms with Crippen molar-refractivity contribution in [2.45, 2.75) is 127 Å². The predicted octanol–water partition coefficient (Wildman–Crippen LogP) is 3.57. The second-order valence-corrected chi connectivity index (χ2v) is 22.8. The van der Waals surface area contributed by atoms with Gasteiger partial charge in [-0.05, 0) is 114 Å². The number of primary amides is 1. The number of hydrogen-bond acceptors (Lipinski definition) is 12. The summed E-state index contributed by atoms with van der Waals surface area (Å²) in [5.74, 6) is -7.04. The number of aromatic amines is 1. The van der Waals surface area contributed by atoms with Crippen molar-refractivity contribution in [2.24, 2.45) is 23.1 Å². The van der Waals surface area contributed by atoms with E-state index in [9.17, 15) is 39.0 Å². The minimum Gasteiger partial charge on any atom is -0.508 e. The Kier molecular flexibility index (Phi) is 24.1. The number of halogens is 1. The molecule has 0 saturated carbocycles. The maximum atomic E-state index is 15.1. The highest BCUT2D eigenvalue weighted by atomic mass is 35.5. The van der Waals surface area contributed by atoms with Crippen LogP contribution in [0.1, 0.15) is 67.9 Å². The number of benzene rings is 6. The third-order valence-corrected chi connectivity index (χ3v) is 15.4. The number of aliphatic hydroxyl groups excluding tert-OH is 1. The number of aliphatic hydroxyl groups is 1. The highest BCUT2D eigenvalue weighted by Gasteiger charge is 2.36. The maximum absolute atomic E-state index is 15.1. The van der Waals surface area contributed by atoms with E-state index in [4.69, 9.17) is 28.8 Å². The van der Waals surface area contributed by atoms with Crippen LogP contribution in [0.5, 0.6) is 5.75 Å². The van der Waals surface area contributed by atoms with E-state index in [-0.39, 0.29) is 50.8 Å². The molecule has 0 aliphatic rings. The summed E-state index contributed by atoms with van der Waals surface area (Å²) in [4.78, 5) is 117. The molecule has 0 fully saturated rings. The predicted molar refractivity (Wildman–Crippen MR) is 337 cm³/mol. The summed E-state index contributed by atoms with van der Waals surface area (Å²) >= 11 is 6.24. The van der Waals surface area contributed by atoms with E-state index >= 15 is 9.59 Å². The Morgan fingerprint density at radius 3 is 1.57 bits per heavy atom. The highest BCUT2D eigenvalue weighted by molar-refractivity contribution is 6.30. The monoisotopic (exact) mass is 1220 g/mol. The normalized spacial score (nSPS) is 14.4. The average Bonchev–Trinajstić information content (AvgIpc) is 4.18. The van der Waals surface area contributed by atoms with Crippen molar-refractivity contribution in [1.82, 2.24) is 42.2 Å². The van der Waals surface area contributed by atoms with E-state index in [0.717, 1.165) is 27.2 Å². The minimum atomic E-state index is -1.48. The fraction of sp³-hybridized carbons (Fsp3) is 0.333. The molecule has 0 unspecified atom stereocenters. The van der Waals surface area contributed by atoms with Gasteiger partial charge in [0.2, 0.25) is 47.3 Å². The van der Waals surface area contributed by atoms with E-state index in [1.54, 1.807) is 86.8 Å². The fourth-order valence-corrected chi connectivity index (χ4v) is 10.4. The third-order valence-electron chi connectivity index (χ3n) is 15.2. The summed E-state index contributed by atoms with van der Waals surface area (Å²) in [5, 5.41) is 42.9. The van der Waals surface area contributed by atoms with Crippen LogP contribution >= 0.6 is 11.6 Å². The SMILES string of the molecule is CC(C)[C@H](NC(=O)[C@H](CCCCN)NC(=O)[C@@H](Cc1c[nH]c2ccccc12)NC(=O)[C@H](Cc1ccc(O)cc1)NC(=O)[C@@H](Cc1ccc(Cl)cc1)NC(=O)[C@H](N)Cc1ccc2ccccc2c1)C(=O)N[C@@H](Cc1ccccc1)C(=O)N[C@H](C(N)=O)[C@@H](C)O. The number of nitrogens with two attached hydrogens (primary N) is 3. The number of unbranched alkanes of at least 4 members (excludes halogenated alkanes) is 1. The van der Waals surface area contributed by atoms with Crippen molar-refractivity contribution < 1.29 is 48.6 Å². The van der Waals surface area contributed by atoms with Crippen LogP contribution < -0.4 is 54.4 Å². The van der Waals surface area contributed by atoms with Crippen molar-refractivity contribution in [3.05, 3.63) is 185 Å². The third kappa shape index (κ3) is 19.2. The molecular formula is C66H78ClN11O10. The standard InChI is InChI=1S/C66H78ClN11O10/c1-38(2)57(66(88)76-55(33-40-13-5-4-6-14-40)65(87)78-58(39(3)79)59(70)81)77-61(83)52(19-11-12-30-68)72-64(86)56(36-46-37-71-51-18-10-9-17-49(46)51)75-63(85)54(35-42-23-28-48(80)29-24-42)74-62(84)53(34-41-21-26-47(67)27-22-41)73-60(82)50(69)32-43-20-25-44-15-7-8-16-45(44)31-43/h4-10,13-18,20-29,31,37-39,50,52-58,71,79-80H,11-12,19,30,32-36,68-69H2,1-3H3,(H2,70,81)(H,72,86)(H,73,82)(H,74,84)(H,75,85)(H,76,88)(H,77,83)(H,78,87)/t39-,50-,52+,53-,54+,55+,56-,57+,58+/m1/s1. The van der Waals surface area contributed by atoms with Crippen LogP contribution in [0.25, 0.3) is 21.7 Å². The molecule has 16 N–H and O–H groups in total. The molecule has 0 radical (unpaired) electrons. The van der Waals surface area contributed by atoms with Gasteiger partial charge >= 0.3 is 0 Å². The summed E-state index contributed by atoms with van der Waals surface area (Å²) in [6.07, 6.45) is 0.921. The van der Waals surface area contributed by atoms with Gasteiger partial charge < -0.3 is 69.6 Å². The largest absolute Gasteiger partial charge is 0.508 e. The molecule has 7 aromatic rings. The number of phenols is 1. The molecule has 88 heavy (non-hydrogen) atoms. The summed E-state index contributed by atoms with van der Waals surface area (Å²) in [6, 6.07) is 31.6. The zero-order chi connectivity index (χ0) is 63.4. The molecule has 1 aromatic heterocycles. The summed E-state index contributed by atoms with van der Waals surface area (Å²) in [7, 11) is 0. The van der Waals surface area contributed by atoms with Gasteiger partial charge in [0.15, 0.2) is 0 Å². The number of para-hydroxylation sites is 1. The van der Waals surface area contributed by atoms with E-state index in [2.05, 4.69) is 42.2 Å². The van der Waals surface area contributed by atoms with Crippen LogP contribution in [-0.2, 0) is 70.5 Å². The number of aromatic nitrogens is 1. The Morgan fingerprint density at radius 1 is 0.500 bits per heavy atom. The summed E-state index contributed by atoms with van der Waals surface area (Å²) in [6.45, 7) is 4.88. The highest BCUT2D eigenvalue weighted by Crippen LogP contribution is 2.22. The molecule has 1 heterocycles. The molecule has 22 heteroatoms. The first kappa shape index (κ1) is 66.4. The zero-order valence-corrected chi connectivity index (χ0v) is 50.1. The molecule has 0 saturated heterocycles. The van der Waals surface area contributed by atoms with Crippen molar-refractivity contribution in [3.63, 3.8) is 0 Å². The molecule has 0 aliphatic heterocycles. The molecule has 0 aliphatic carbocycles. The lowest BCUT2D eigenvalue weighted by Gasteiger charge is -2.29. The molecule has 0 bridgehead atoms. The van der Waals surface area contributed by atoms with E-state index in [1.165, 1.54) is 19.1 Å². The van der Waals surface area contributed by atoms with E-state index in [0.29, 0.717) is 40.1 Å². The number of carbonyl (C=O) groups excluding carboxylic acids is 8. The number of nitrogens with one attached hydrogen (secondary N) is 8. The lowest BCUT2D eigenvalue weighted by molar-refractivity contribution is -0.136. The van der Waals surface area contributed by atoms with Gasteiger partial charge in [-0.25, -0.2) is 0 Å². The lowest BCUT2D eigenvalue weighted by Crippen LogP contribution is -2.62. The van der Waals surface area contributed by atoms with Crippen LogP contribution in [0.15, 0.2) is 152 Å². The van der Waals surface area contributed by atoms with Crippen LogP contribution in [0, 0.1) is 5.92 Å². The van der Waals surface area contributed by atoms with E-state index in [1.807, 2.05) is 66.7 Å². The molecule has 8 amide bonds. The van der Waals surface area contributed by atoms with Gasteiger partial charge in [0.25, 0.3) is 0 Å². The average molecular weight is 1220 g/mol. The van der Waals surface area contributed by atoms with Gasteiger partial charge in [-0.2, -0.15) is 0 Å². The van der Waals surface area contributed by atoms with Gasteiger partial charge in [-0.1, -0.05) is 141 Å². The zero-order valence-electron chi connectivity index (χ0n) is 49.3. The number of hydrogen-bond donors (Lipinski definition) is 13. The Morgan fingerprint density at radius 2 is 0.977 bits per heavy atom. The molecule has 21 nitrogen and oxygen atoms in total. The van der Waals surface area contributed by atoms with Gasteiger partial charge in [0.1, 0.15) is 48.0 Å². The number of aromatic hydroxyl groups is 1. The van der Waals surface area contributed by atoms with Gasteiger partial charge in [-0.15, -0.1) is 0 Å². The summed E-state index contributed by atoms with van der Waals surface area (Å²) in [5.41, 5.74) is 21.8. The first-order chi connectivity index (χ1) is 42.1. The molecule has 7 rings (SSSR count). The molecule has 9 atom stereocenters. The number of amides is 8. The maximum Gasteiger partial charge on any atom is 0.243 e. The fourth-order valence-electron chi connectivity index (χ4n) is 10.2. The van der Waals surface area contributed by atoms with Gasteiger partial charge in [0.05, 0.1) is 12.1 Å². The van der Waals surface area contributed by atoms with Crippen molar-refractivity contribution in [3.8, 4) is 5.75 Å². The van der Waals surface area contributed by atoms with Gasteiger partial charge in [0, 0.05) is 47.8 Å². The Labute approximate surface area is 515 Å². The van der Waals surface area contributed by atoms with Crippen LogP contribution in [0.4, 0.5) is 0 Å². The second-order valence-electron chi connectivity index (χ2n) is 22.4.